The van der Waals surface area contributed by atoms with Crippen molar-refractivity contribution in [3.8, 4) is 16.9 Å². The lowest BCUT2D eigenvalue weighted by atomic mass is 10.00. The molecular formula is C32H29N3O5S. The number of aromatic nitrogens is 2. The molecule has 0 saturated heterocycles. The molecule has 1 aliphatic rings. The van der Waals surface area contributed by atoms with Gasteiger partial charge < -0.3 is 14.3 Å². The van der Waals surface area contributed by atoms with E-state index in [1.54, 1.807) is 16.7 Å². The number of carbonyl (C=O) groups excluding carboxylic acids is 1. The Kier molecular flexibility index (Phi) is 6.96. The first-order valence-electron chi connectivity index (χ1n) is 13.4. The molecule has 5 aromatic rings. The summed E-state index contributed by atoms with van der Waals surface area (Å²) in [7, 11) is -3.89. The summed E-state index contributed by atoms with van der Waals surface area (Å²) in [5.41, 5.74) is 5.36. The summed E-state index contributed by atoms with van der Waals surface area (Å²) in [6.07, 6.45) is 5.32. The van der Waals surface area contributed by atoms with Crippen LogP contribution in [-0.4, -0.2) is 30.1 Å². The van der Waals surface area contributed by atoms with Gasteiger partial charge in [0.1, 0.15) is 18.1 Å². The molecule has 2 heterocycles. The number of nitrogens with zero attached hydrogens (tertiary/aromatic N) is 1. The number of aromatic amines is 1. The molecule has 0 saturated carbocycles. The molecule has 9 heteroatoms. The fourth-order valence-electron chi connectivity index (χ4n) is 5.61. The zero-order chi connectivity index (χ0) is 28.6. The van der Waals surface area contributed by atoms with Crippen molar-refractivity contribution in [1.82, 2.24) is 14.3 Å². The van der Waals surface area contributed by atoms with Crippen LogP contribution in [0.4, 0.5) is 0 Å². The topological polar surface area (TPSA) is 110 Å². The average Bonchev–Trinajstić information content (AvgIpc) is 3.53. The van der Waals surface area contributed by atoms with Gasteiger partial charge in [-0.3, -0.25) is 9.59 Å². The SMILES string of the molecule is CS(=O)(=O)NC(=O)c1c(-c2ccc[nH]c2=O)c2cc3c(cc2n1Cc1ccccc1OCc1ccccc1)CCC3. The Hall–Kier alpha value is -4.63. The van der Waals surface area contributed by atoms with Gasteiger partial charge in [-0.1, -0.05) is 48.5 Å². The number of nitrogens with one attached hydrogen (secondary N) is 2. The molecule has 2 aromatic heterocycles. The van der Waals surface area contributed by atoms with Gasteiger partial charge in [0.2, 0.25) is 10.0 Å². The first-order chi connectivity index (χ1) is 19.8. The van der Waals surface area contributed by atoms with Crippen LogP contribution in [0.15, 0.2) is 89.9 Å². The van der Waals surface area contributed by atoms with Crippen molar-refractivity contribution in [2.24, 2.45) is 0 Å². The van der Waals surface area contributed by atoms with Crippen LogP contribution < -0.4 is 15.0 Å². The first-order valence-corrected chi connectivity index (χ1v) is 15.3. The first kappa shape index (κ1) is 26.6. The molecule has 208 valence electrons. The second-order valence-electron chi connectivity index (χ2n) is 10.3. The standard InChI is InChI=1S/C32H29N3O5S/c1-41(38,39)34-32(37)30-29(25-14-8-16-33-31(25)36)26-17-22-12-7-13-23(22)18-27(26)35(30)19-24-11-5-6-15-28(24)40-20-21-9-3-2-4-10-21/h2-6,8-11,14-18H,7,12-13,19-20H2,1H3,(H,33,36)(H,34,37). The third-order valence-electron chi connectivity index (χ3n) is 7.40. The second kappa shape index (κ2) is 10.7. The van der Waals surface area contributed by atoms with Gasteiger partial charge in [-0.05, 0) is 66.3 Å². The minimum atomic E-state index is -3.89. The molecule has 1 amide bonds. The van der Waals surface area contributed by atoms with Gasteiger partial charge >= 0.3 is 0 Å². The molecule has 3 aromatic carbocycles. The third-order valence-corrected chi connectivity index (χ3v) is 7.95. The lowest BCUT2D eigenvalue weighted by Gasteiger charge is -2.16. The highest BCUT2D eigenvalue weighted by molar-refractivity contribution is 7.89. The quantitative estimate of drug-likeness (QED) is 0.280. The zero-order valence-electron chi connectivity index (χ0n) is 22.5. The minimum absolute atomic E-state index is 0.101. The summed E-state index contributed by atoms with van der Waals surface area (Å²) in [6.45, 7) is 0.585. The summed E-state index contributed by atoms with van der Waals surface area (Å²) >= 11 is 0. The van der Waals surface area contributed by atoms with Crippen molar-refractivity contribution < 1.29 is 17.9 Å². The number of carbonyl (C=O) groups is 1. The van der Waals surface area contributed by atoms with Gasteiger partial charge in [-0.15, -0.1) is 0 Å². The van der Waals surface area contributed by atoms with E-state index < -0.39 is 15.9 Å². The number of hydrogen-bond acceptors (Lipinski definition) is 5. The van der Waals surface area contributed by atoms with E-state index in [0.717, 1.165) is 47.5 Å². The molecule has 6 rings (SSSR count). The number of rotatable bonds is 8. The number of H-pyrrole nitrogens is 1. The zero-order valence-corrected chi connectivity index (χ0v) is 23.3. The number of aryl methyl sites for hydroxylation is 2. The van der Waals surface area contributed by atoms with E-state index in [0.29, 0.717) is 23.5 Å². The molecule has 0 spiro atoms. The van der Waals surface area contributed by atoms with Gasteiger partial charge in [0.05, 0.1) is 12.8 Å². The Labute approximate surface area is 237 Å². The third kappa shape index (κ3) is 5.40. The van der Waals surface area contributed by atoms with Crippen LogP contribution in [0.2, 0.25) is 0 Å². The number of sulfonamides is 1. The summed E-state index contributed by atoms with van der Waals surface area (Å²) in [5.74, 6) is -0.155. The smallest absolute Gasteiger partial charge is 0.282 e. The van der Waals surface area contributed by atoms with Crippen molar-refractivity contribution in [2.75, 3.05) is 6.26 Å². The molecule has 0 atom stereocenters. The number of benzene rings is 3. The van der Waals surface area contributed by atoms with Gasteiger partial charge in [0.25, 0.3) is 11.5 Å². The van der Waals surface area contributed by atoms with Crippen LogP contribution in [0.1, 0.15) is 39.2 Å². The molecule has 8 nitrogen and oxygen atoms in total. The average molecular weight is 568 g/mol. The van der Waals surface area contributed by atoms with E-state index >= 15 is 0 Å². The van der Waals surface area contributed by atoms with Gasteiger partial charge in [-0.25, -0.2) is 13.1 Å². The summed E-state index contributed by atoms with van der Waals surface area (Å²) < 4.78 is 34.6. The van der Waals surface area contributed by atoms with Crippen molar-refractivity contribution in [2.45, 2.75) is 32.4 Å². The number of fused-ring (bicyclic) bond motifs is 2. The highest BCUT2D eigenvalue weighted by Gasteiger charge is 2.29. The monoisotopic (exact) mass is 567 g/mol. The highest BCUT2D eigenvalue weighted by atomic mass is 32.2. The maximum Gasteiger partial charge on any atom is 0.282 e. The molecule has 1 aliphatic carbocycles. The fourth-order valence-corrected chi connectivity index (χ4v) is 6.04. The second-order valence-corrected chi connectivity index (χ2v) is 12.0. The Morgan fingerprint density at radius 2 is 1.71 bits per heavy atom. The maximum absolute atomic E-state index is 13.7. The van der Waals surface area contributed by atoms with Crippen LogP contribution in [0.5, 0.6) is 5.75 Å². The fraction of sp³-hybridized carbons (Fsp3) is 0.188. The van der Waals surface area contributed by atoms with Crippen LogP contribution in [0.25, 0.3) is 22.0 Å². The number of hydrogen-bond donors (Lipinski definition) is 2. The predicted molar refractivity (Wildman–Crippen MR) is 159 cm³/mol. The van der Waals surface area contributed by atoms with E-state index in [4.69, 9.17) is 4.74 Å². The van der Waals surface area contributed by atoms with Gasteiger partial charge in [-0.2, -0.15) is 0 Å². The Morgan fingerprint density at radius 3 is 2.46 bits per heavy atom. The van der Waals surface area contributed by atoms with Gasteiger partial charge in [0.15, 0.2) is 0 Å². The predicted octanol–water partition coefficient (Wildman–Crippen LogP) is 4.80. The molecule has 41 heavy (non-hydrogen) atoms. The molecule has 0 radical (unpaired) electrons. The lowest BCUT2D eigenvalue weighted by Crippen LogP contribution is -2.32. The molecule has 0 unspecified atom stereocenters. The largest absolute Gasteiger partial charge is 0.489 e. The summed E-state index contributed by atoms with van der Waals surface area (Å²) in [6, 6.07) is 24.9. The molecule has 0 fully saturated rings. The van der Waals surface area contributed by atoms with Crippen LogP contribution in [0, 0.1) is 0 Å². The van der Waals surface area contributed by atoms with E-state index in [9.17, 15) is 18.0 Å². The summed E-state index contributed by atoms with van der Waals surface area (Å²) in [4.78, 5) is 29.5. The number of pyridine rings is 1. The Balaban J connectivity index is 1.56. The molecule has 0 aliphatic heterocycles. The normalized spacial score (nSPS) is 12.8. The molecule has 2 N–H and O–H groups in total. The molecule has 0 bridgehead atoms. The number of ether oxygens (including phenoxy) is 1. The van der Waals surface area contributed by atoms with Crippen LogP contribution in [-0.2, 0) is 36.0 Å². The van der Waals surface area contributed by atoms with Crippen LogP contribution in [0.3, 0.4) is 0 Å². The number of amides is 1. The number of para-hydroxylation sites is 1. The van der Waals surface area contributed by atoms with E-state index in [1.807, 2.05) is 60.7 Å². The van der Waals surface area contributed by atoms with Crippen molar-refractivity contribution in [3.63, 3.8) is 0 Å². The Bertz CT molecular complexity index is 1940. The Morgan fingerprint density at radius 1 is 0.976 bits per heavy atom. The minimum Gasteiger partial charge on any atom is -0.489 e. The van der Waals surface area contributed by atoms with Crippen LogP contribution >= 0.6 is 0 Å². The molecular weight excluding hydrogens is 538 g/mol. The van der Waals surface area contributed by atoms with Gasteiger partial charge in [0, 0.05) is 33.8 Å². The van der Waals surface area contributed by atoms with E-state index in [1.165, 1.54) is 17.3 Å². The summed E-state index contributed by atoms with van der Waals surface area (Å²) in [5, 5.41) is 0.726. The van der Waals surface area contributed by atoms with E-state index in [2.05, 4.69) is 15.8 Å². The van der Waals surface area contributed by atoms with Crippen molar-refractivity contribution in [3.05, 3.63) is 123 Å². The van der Waals surface area contributed by atoms with Crippen molar-refractivity contribution in [1.29, 1.82) is 0 Å². The van der Waals surface area contributed by atoms with E-state index in [-0.39, 0.29) is 17.8 Å². The highest BCUT2D eigenvalue weighted by Crippen LogP contribution is 2.38. The van der Waals surface area contributed by atoms with Crippen molar-refractivity contribution >= 4 is 26.8 Å². The lowest BCUT2D eigenvalue weighted by molar-refractivity contribution is 0.0974. The maximum atomic E-state index is 13.7.